The Bertz CT molecular complexity index is 476. The van der Waals surface area contributed by atoms with Crippen molar-refractivity contribution in [2.75, 3.05) is 45.2 Å². The fraction of sp³-hybridized carbons (Fsp3) is 1.00. The summed E-state index contributed by atoms with van der Waals surface area (Å²) in [5.41, 5.74) is 0. The number of hydrogen-bond donors (Lipinski definition) is 0. The monoisotopic (exact) mass is 332 g/mol. The summed E-state index contributed by atoms with van der Waals surface area (Å²) in [5, 5.41) is 0. The normalized spacial score (nSPS) is 34.7. The molecule has 6 nitrogen and oxygen atoms in total. The molecule has 3 fully saturated rings. The van der Waals surface area contributed by atoms with E-state index < -0.39 is 10.0 Å². The van der Waals surface area contributed by atoms with Crippen LogP contribution in [0, 0.1) is 5.92 Å². The predicted molar refractivity (Wildman–Crippen MR) is 84.3 cm³/mol. The Hall–Kier alpha value is -0.210. The van der Waals surface area contributed by atoms with Crippen molar-refractivity contribution in [3.8, 4) is 0 Å². The third kappa shape index (κ3) is 3.48. The van der Waals surface area contributed by atoms with Crippen molar-refractivity contribution >= 4 is 10.0 Å². The van der Waals surface area contributed by atoms with Crippen LogP contribution in [-0.2, 0) is 19.5 Å². The molecular formula is C15H28N2O4S. The Morgan fingerprint density at radius 3 is 2.55 bits per heavy atom. The third-order valence-corrected chi connectivity index (χ3v) is 6.73. The lowest BCUT2D eigenvalue weighted by molar-refractivity contribution is 0.0257. The second-order valence-corrected chi connectivity index (χ2v) is 9.09. The second-order valence-electron chi connectivity index (χ2n) is 7.05. The van der Waals surface area contributed by atoms with E-state index in [1.807, 2.05) is 0 Å². The molecule has 3 heterocycles. The lowest BCUT2D eigenvalue weighted by Crippen LogP contribution is -2.48. The van der Waals surface area contributed by atoms with Crippen LogP contribution in [0.3, 0.4) is 0 Å². The van der Waals surface area contributed by atoms with Gasteiger partial charge in [0.2, 0.25) is 10.0 Å². The first kappa shape index (κ1) is 16.6. The fourth-order valence-corrected chi connectivity index (χ4v) is 5.49. The molecule has 0 bridgehead atoms. The second kappa shape index (κ2) is 6.73. The van der Waals surface area contributed by atoms with Crippen LogP contribution in [0.4, 0.5) is 0 Å². The van der Waals surface area contributed by atoms with E-state index in [-0.39, 0.29) is 17.9 Å². The van der Waals surface area contributed by atoms with E-state index in [9.17, 15) is 8.42 Å². The summed E-state index contributed by atoms with van der Waals surface area (Å²) in [6.45, 7) is 8.31. The summed E-state index contributed by atoms with van der Waals surface area (Å²) in [6.07, 6.45) is 2.09. The number of sulfonamides is 1. The van der Waals surface area contributed by atoms with Gasteiger partial charge in [-0.15, -0.1) is 0 Å². The minimum Gasteiger partial charge on any atom is -0.381 e. The van der Waals surface area contributed by atoms with Crippen LogP contribution in [-0.4, -0.2) is 81.0 Å². The highest BCUT2D eigenvalue weighted by molar-refractivity contribution is 7.89. The van der Waals surface area contributed by atoms with E-state index in [4.69, 9.17) is 9.47 Å². The van der Waals surface area contributed by atoms with Crippen LogP contribution in [0.15, 0.2) is 0 Å². The van der Waals surface area contributed by atoms with Gasteiger partial charge in [-0.05, 0) is 18.8 Å². The van der Waals surface area contributed by atoms with E-state index >= 15 is 0 Å². The van der Waals surface area contributed by atoms with Gasteiger partial charge in [0.1, 0.15) is 0 Å². The van der Waals surface area contributed by atoms with Crippen molar-refractivity contribution in [2.24, 2.45) is 5.92 Å². The first-order valence-electron chi connectivity index (χ1n) is 8.40. The number of rotatable bonds is 3. The number of hydrogen-bond acceptors (Lipinski definition) is 5. The molecule has 0 unspecified atom stereocenters. The van der Waals surface area contributed by atoms with Gasteiger partial charge < -0.3 is 9.47 Å². The van der Waals surface area contributed by atoms with E-state index in [0.717, 1.165) is 39.1 Å². The minimum absolute atomic E-state index is 0.0128. The molecule has 0 aromatic heterocycles. The molecular weight excluding hydrogens is 304 g/mol. The van der Waals surface area contributed by atoms with Gasteiger partial charge in [0.05, 0.1) is 24.5 Å². The zero-order valence-corrected chi connectivity index (χ0v) is 14.4. The molecule has 3 rings (SSSR count). The molecule has 7 heteroatoms. The Labute approximate surface area is 133 Å². The Kier molecular flexibility index (Phi) is 5.09. The van der Waals surface area contributed by atoms with Crippen molar-refractivity contribution in [1.29, 1.82) is 0 Å². The van der Waals surface area contributed by atoms with Crippen molar-refractivity contribution in [1.82, 2.24) is 9.21 Å². The van der Waals surface area contributed by atoms with Gasteiger partial charge in [-0.2, -0.15) is 4.31 Å². The highest BCUT2D eigenvalue weighted by atomic mass is 32.2. The molecule has 22 heavy (non-hydrogen) atoms. The molecule has 0 amide bonds. The van der Waals surface area contributed by atoms with E-state index in [2.05, 4.69) is 18.7 Å². The summed E-state index contributed by atoms with van der Waals surface area (Å²) in [6, 6.07) is 0.477. The number of nitrogens with zero attached hydrogens (tertiary/aromatic N) is 2. The van der Waals surface area contributed by atoms with Crippen LogP contribution in [0.2, 0.25) is 0 Å². The molecule has 2 atom stereocenters. The van der Waals surface area contributed by atoms with Crippen molar-refractivity contribution in [3.05, 3.63) is 0 Å². The Balaban J connectivity index is 1.76. The van der Waals surface area contributed by atoms with Gasteiger partial charge in [-0.25, -0.2) is 8.42 Å². The number of likely N-dealkylation sites (tertiary alicyclic amines) is 1. The smallest absolute Gasteiger partial charge is 0.216 e. The van der Waals surface area contributed by atoms with Crippen molar-refractivity contribution in [2.45, 2.75) is 44.9 Å². The zero-order chi connectivity index (χ0) is 15.7. The van der Waals surface area contributed by atoms with E-state index in [1.165, 1.54) is 0 Å². The lowest BCUT2D eigenvalue weighted by Gasteiger charge is -2.32. The van der Waals surface area contributed by atoms with Crippen LogP contribution in [0.25, 0.3) is 0 Å². The minimum atomic E-state index is -3.21. The van der Waals surface area contributed by atoms with Gasteiger partial charge in [0, 0.05) is 38.9 Å². The average Bonchev–Trinajstić information content (AvgIpc) is 2.84. The largest absolute Gasteiger partial charge is 0.381 e. The molecule has 3 saturated heterocycles. The molecule has 0 N–H and O–H groups in total. The van der Waals surface area contributed by atoms with Crippen LogP contribution in [0.5, 0.6) is 0 Å². The molecule has 0 saturated carbocycles. The topological polar surface area (TPSA) is 59.1 Å². The highest BCUT2D eigenvalue weighted by Crippen LogP contribution is 2.29. The number of ether oxygens (including phenoxy) is 2. The van der Waals surface area contributed by atoms with Gasteiger partial charge >= 0.3 is 0 Å². The first-order chi connectivity index (χ1) is 10.5. The first-order valence-corrected chi connectivity index (χ1v) is 10.0. The summed E-state index contributed by atoms with van der Waals surface area (Å²) in [7, 11) is -3.21. The van der Waals surface area contributed by atoms with E-state index in [1.54, 1.807) is 4.31 Å². The van der Waals surface area contributed by atoms with Crippen LogP contribution < -0.4 is 0 Å². The standard InChI is InChI=1S/C15H28N2O4S/c1-12(2)9-17-14-10-16(13-3-5-20-6-4-13)11-15(14)21-7-8-22(17,18)19/h12-15H,3-11H2,1-2H3/t14-,15+/m1/s1. The van der Waals surface area contributed by atoms with Gasteiger partial charge in [-0.3, -0.25) is 4.90 Å². The van der Waals surface area contributed by atoms with Crippen molar-refractivity contribution < 1.29 is 17.9 Å². The third-order valence-electron chi connectivity index (χ3n) is 4.92. The maximum Gasteiger partial charge on any atom is 0.216 e. The molecule has 0 spiro atoms. The predicted octanol–water partition coefficient (Wildman–Crippen LogP) is 0.536. The summed E-state index contributed by atoms with van der Waals surface area (Å²) >= 11 is 0. The molecule has 0 radical (unpaired) electrons. The summed E-state index contributed by atoms with van der Waals surface area (Å²) in [4.78, 5) is 2.42. The Morgan fingerprint density at radius 1 is 1.14 bits per heavy atom. The van der Waals surface area contributed by atoms with Crippen LogP contribution in [0.1, 0.15) is 26.7 Å². The Morgan fingerprint density at radius 2 is 1.86 bits per heavy atom. The van der Waals surface area contributed by atoms with Gasteiger partial charge in [-0.1, -0.05) is 13.8 Å². The van der Waals surface area contributed by atoms with E-state index in [0.29, 0.717) is 25.1 Å². The maximum atomic E-state index is 12.6. The van der Waals surface area contributed by atoms with Crippen LogP contribution >= 0.6 is 0 Å². The quantitative estimate of drug-likeness (QED) is 0.755. The average molecular weight is 332 g/mol. The summed E-state index contributed by atoms with van der Waals surface area (Å²) in [5.74, 6) is 0.440. The molecule has 0 aromatic carbocycles. The van der Waals surface area contributed by atoms with Gasteiger partial charge in [0.15, 0.2) is 0 Å². The lowest BCUT2D eigenvalue weighted by atomic mass is 10.1. The molecule has 0 aromatic rings. The molecule has 3 aliphatic rings. The SMILES string of the molecule is CC(C)CN1[C@@H]2CN(C3CCOCC3)C[C@@H]2OCCS1(=O)=O. The zero-order valence-electron chi connectivity index (χ0n) is 13.6. The molecule has 128 valence electrons. The molecule has 3 aliphatic heterocycles. The maximum absolute atomic E-state index is 12.6. The fourth-order valence-electron chi connectivity index (χ4n) is 3.81. The highest BCUT2D eigenvalue weighted by Gasteiger charge is 2.45. The van der Waals surface area contributed by atoms with Gasteiger partial charge in [0.25, 0.3) is 0 Å². The number of fused-ring (bicyclic) bond motifs is 1. The summed E-state index contributed by atoms with van der Waals surface area (Å²) < 4.78 is 38.2. The van der Waals surface area contributed by atoms with Crippen molar-refractivity contribution in [3.63, 3.8) is 0 Å². The molecule has 0 aliphatic carbocycles.